The predicted molar refractivity (Wildman–Crippen MR) is 92.9 cm³/mol. The van der Waals surface area contributed by atoms with Gasteiger partial charge in [0.2, 0.25) is 5.91 Å². The van der Waals surface area contributed by atoms with Crippen molar-refractivity contribution in [1.82, 2.24) is 14.8 Å². The standard InChI is InChI=1S/C19H24FN3O/c1-5-14-6-11-17(21-12-14)13-23(4)19(24)18(22(2)3)15-7-9-16(20)10-8-15/h6-12,18H,5,13H2,1-4H3/t18-/m1/s1. The van der Waals surface area contributed by atoms with Crippen molar-refractivity contribution in [2.75, 3.05) is 21.1 Å². The third kappa shape index (κ3) is 4.38. The number of nitrogens with zero attached hydrogens (tertiary/aromatic N) is 3. The number of rotatable bonds is 6. The maximum Gasteiger partial charge on any atom is 0.244 e. The first-order valence-electron chi connectivity index (χ1n) is 8.03. The van der Waals surface area contributed by atoms with Gasteiger partial charge in [0.15, 0.2) is 0 Å². The summed E-state index contributed by atoms with van der Waals surface area (Å²) in [6, 6.07) is 9.59. The van der Waals surface area contributed by atoms with Gasteiger partial charge in [-0.25, -0.2) is 4.39 Å². The van der Waals surface area contributed by atoms with Gasteiger partial charge >= 0.3 is 0 Å². The fraction of sp³-hybridized carbons (Fsp3) is 0.368. The van der Waals surface area contributed by atoms with Crippen molar-refractivity contribution >= 4 is 5.91 Å². The Bertz CT molecular complexity index is 668. The molecule has 0 unspecified atom stereocenters. The number of hydrogen-bond acceptors (Lipinski definition) is 3. The first-order valence-corrected chi connectivity index (χ1v) is 8.03. The summed E-state index contributed by atoms with van der Waals surface area (Å²) in [6.45, 7) is 2.52. The van der Waals surface area contributed by atoms with E-state index in [2.05, 4.69) is 11.9 Å². The molecule has 1 heterocycles. The Morgan fingerprint density at radius 2 is 1.79 bits per heavy atom. The van der Waals surface area contributed by atoms with E-state index < -0.39 is 6.04 Å². The van der Waals surface area contributed by atoms with Crippen LogP contribution in [0.15, 0.2) is 42.6 Å². The summed E-state index contributed by atoms with van der Waals surface area (Å²) in [5, 5.41) is 0. The molecule has 128 valence electrons. The van der Waals surface area contributed by atoms with E-state index in [9.17, 15) is 9.18 Å². The summed E-state index contributed by atoms with van der Waals surface area (Å²) in [5.41, 5.74) is 2.79. The minimum atomic E-state index is -0.453. The summed E-state index contributed by atoms with van der Waals surface area (Å²) < 4.78 is 13.1. The van der Waals surface area contributed by atoms with Gasteiger partial charge in [-0.1, -0.05) is 25.1 Å². The van der Waals surface area contributed by atoms with E-state index in [0.29, 0.717) is 6.54 Å². The number of carbonyl (C=O) groups is 1. The Hall–Kier alpha value is -2.27. The lowest BCUT2D eigenvalue weighted by Crippen LogP contribution is -2.38. The largest absolute Gasteiger partial charge is 0.338 e. The van der Waals surface area contributed by atoms with Crippen LogP contribution in [0.4, 0.5) is 4.39 Å². The van der Waals surface area contributed by atoms with Gasteiger partial charge in [-0.3, -0.25) is 14.7 Å². The van der Waals surface area contributed by atoms with E-state index in [1.54, 1.807) is 24.1 Å². The third-order valence-electron chi connectivity index (χ3n) is 4.01. The zero-order valence-corrected chi connectivity index (χ0v) is 14.7. The van der Waals surface area contributed by atoms with E-state index in [1.165, 1.54) is 17.7 Å². The van der Waals surface area contributed by atoms with E-state index >= 15 is 0 Å². The lowest BCUT2D eigenvalue weighted by molar-refractivity contribution is -0.135. The fourth-order valence-electron chi connectivity index (χ4n) is 2.59. The van der Waals surface area contributed by atoms with Crippen LogP contribution in [0, 0.1) is 5.82 Å². The first-order chi connectivity index (χ1) is 11.4. The number of benzene rings is 1. The van der Waals surface area contributed by atoms with Crippen molar-refractivity contribution in [1.29, 1.82) is 0 Å². The normalized spacial score (nSPS) is 12.2. The second-order valence-electron chi connectivity index (χ2n) is 6.12. The summed E-state index contributed by atoms with van der Waals surface area (Å²) in [5.74, 6) is -0.356. The highest BCUT2D eigenvalue weighted by Gasteiger charge is 2.26. The topological polar surface area (TPSA) is 36.4 Å². The number of likely N-dealkylation sites (N-methyl/N-ethyl adjacent to an activating group) is 2. The molecule has 4 nitrogen and oxygen atoms in total. The maximum absolute atomic E-state index is 13.1. The molecule has 0 bridgehead atoms. The van der Waals surface area contributed by atoms with Gasteiger partial charge in [0.05, 0.1) is 12.2 Å². The van der Waals surface area contributed by atoms with Crippen LogP contribution in [0.25, 0.3) is 0 Å². The number of hydrogen-bond donors (Lipinski definition) is 0. The zero-order valence-electron chi connectivity index (χ0n) is 14.7. The van der Waals surface area contributed by atoms with Crippen LogP contribution in [0.3, 0.4) is 0 Å². The molecule has 1 atom stereocenters. The number of halogens is 1. The number of aromatic nitrogens is 1. The minimum absolute atomic E-state index is 0.0482. The van der Waals surface area contributed by atoms with E-state index in [-0.39, 0.29) is 11.7 Å². The van der Waals surface area contributed by atoms with Crippen LogP contribution in [0.5, 0.6) is 0 Å². The predicted octanol–water partition coefficient (Wildman–Crippen LogP) is 3.04. The number of pyridine rings is 1. The van der Waals surface area contributed by atoms with E-state index in [1.807, 2.05) is 37.3 Å². The lowest BCUT2D eigenvalue weighted by Gasteiger charge is -2.28. The number of aryl methyl sites for hydroxylation is 1. The molecule has 1 amide bonds. The molecular weight excluding hydrogens is 305 g/mol. The Labute approximate surface area is 142 Å². The fourth-order valence-corrected chi connectivity index (χ4v) is 2.59. The van der Waals surface area contributed by atoms with Gasteiger partial charge in [-0.05, 0) is 49.8 Å². The molecule has 1 aromatic carbocycles. The molecule has 2 aromatic rings. The molecule has 5 heteroatoms. The van der Waals surface area contributed by atoms with Crippen molar-refractivity contribution in [2.24, 2.45) is 0 Å². The Balaban J connectivity index is 2.14. The van der Waals surface area contributed by atoms with Crippen LogP contribution < -0.4 is 0 Å². The molecule has 0 N–H and O–H groups in total. The monoisotopic (exact) mass is 329 g/mol. The van der Waals surface area contributed by atoms with Crippen molar-refractivity contribution < 1.29 is 9.18 Å². The van der Waals surface area contributed by atoms with E-state index in [4.69, 9.17) is 0 Å². The van der Waals surface area contributed by atoms with Crippen LogP contribution >= 0.6 is 0 Å². The average molecular weight is 329 g/mol. The van der Waals surface area contributed by atoms with Gasteiger partial charge in [0, 0.05) is 13.2 Å². The van der Waals surface area contributed by atoms with Crippen molar-refractivity contribution in [2.45, 2.75) is 25.9 Å². The molecule has 0 fully saturated rings. The summed E-state index contributed by atoms with van der Waals surface area (Å²) in [7, 11) is 5.44. The molecule has 1 aromatic heterocycles. The lowest BCUT2D eigenvalue weighted by atomic mass is 10.0. The molecule has 2 rings (SSSR count). The van der Waals surface area contributed by atoms with Gasteiger partial charge in [-0.15, -0.1) is 0 Å². The van der Waals surface area contributed by atoms with Crippen molar-refractivity contribution in [3.63, 3.8) is 0 Å². The highest BCUT2D eigenvalue weighted by atomic mass is 19.1. The first kappa shape index (κ1) is 18.1. The molecule has 0 aliphatic heterocycles. The van der Waals surface area contributed by atoms with Gasteiger partial charge in [0.25, 0.3) is 0 Å². The summed E-state index contributed by atoms with van der Waals surface area (Å²) in [4.78, 5) is 20.8. The van der Waals surface area contributed by atoms with Gasteiger partial charge < -0.3 is 4.90 Å². The quantitative estimate of drug-likeness (QED) is 0.817. The van der Waals surface area contributed by atoms with E-state index in [0.717, 1.165) is 17.7 Å². The second-order valence-corrected chi connectivity index (χ2v) is 6.12. The Morgan fingerprint density at radius 3 is 2.29 bits per heavy atom. The zero-order chi connectivity index (χ0) is 17.7. The maximum atomic E-state index is 13.1. The molecule has 0 saturated carbocycles. The third-order valence-corrected chi connectivity index (χ3v) is 4.01. The number of amides is 1. The van der Waals surface area contributed by atoms with Crippen molar-refractivity contribution in [3.05, 3.63) is 65.2 Å². The van der Waals surface area contributed by atoms with Crippen LogP contribution in [-0.4, -0.2) is 41.8 Å². The second kappa shape index (κ2) is 8.02. The molecule has 24 heavy (non-hydrogen) atoms. The van der Waals surface area contributed by atoms with Gasteiger partial charge in [-0.2, -0.15) is 0 Å². The molecule has 0 radical (unpaired) electrons. The molecule has 0 aliphatic rings. The highest BCUT2D eigenvalue weighted by Crippen LogP contribution is 2.21. The van der Waals surface area contributed by atoms with Crippen LogP contribution in [-0.2, 0) is 17.8 Å². The average Bonchev–Trinajstić information content (AvgIpc) is 2.57. The summed E-state index contributed by atoms with van der Waals surface area (Å²) >= 11 is 0. The van der Waals surface area contributed by atoms with Crippen LogP contribution in [0.2, 0.25) is 0 Å². The molecule has 0 aliphatic carbocycles. The number of carbonyl (C=O) groups excluding carboxylic acids is 1. The van der Waals surface area contributed by atoms with Gasteiger partial charge in [0.1, 0.15) is 11.9 Å². The highest BCUT2D eigenvalue weighted by molar-refractivity contribution is 5.83. The summed E-state index contributed by atoms with van der Waals surface area (Å²) in [6.07, 6.45) is 2.78. The Kier molecular flexibility index (Phi) is 6.04. The molecular formula is C19H24FN3O. The molecule has 0 saturated heterocycles. The smallest absolute Gasteiger partial charge is 0.244 e. The molecule has 0 spiro atoms. The van der Waals surface area contributed by atoms with Crippen molar-refractivity contribution in [3.8, 4) is 0 Å². The van der Waals surface area contributed by atoms with Crippen LogP contribution in [0.1, 0.15) is 29.8 Å². The Morgan fingerprint density at radius 1 is 1.12 bits per heavy atom. The minimum Gasteiger partial charge on any atom is -0.338 e. The SMILES string of the molecule is CCc1ccc(CN(C)C(=O)[C@@H](c2ccc(F)cc2)N(C)C)nc1.